The van der Waals surface area contributed by atoms with Crippen molar-refractivity contribution in [3.8, 4) is 0 Å². The predicted octanol–water partition coefficient (Wildman–Crippen LogP) is 1.53. The molecule has 0 aliphatic carbocycles. The molecule has 0 saturated carbocycles. The first-order valence-electron chi connectivity index (χ1n) is 4.83. The van der Waals surface area contributed by atoms with Crippen LogP contribution in [0, 0.1) is 0 Å². The van der Waals surface area contributed by atoms with Gasteiger partial charge in [0.15, 0.2) is 0 Å². The van der Waals surface area contributed by atoms with Crippen molar-refractivity contribution in [1.29, 1.82) is 0 Å². The molecule has 3 nitrogen and oxygen atoms in total. The molecule has 1 unspecified atom stereocenters. The zero-order valence-electron chi connectivity index (χ0n) is 8.20. The topological polar surface area (TPSA) is 28.2 Å². The minimum absolute atomic E-state index is 0.590. The van der Waals surface area contributed by atoms with E-state index in [0.29, 0.717) is 11.1 Å². The van der Waals surface area contributed by atoms with Crippen LogP contribution in [0.4, 0.5) is 5.82 Å². The average Bonchev–Trinajstić information content (AvgIpc) is 2.67. The van der Waals surface area contributed by atoms with E-state index in [9.17, 15) is 0 Å². The van der Waals surface area contributed by atoms with Crippen LogP contribution in [0.3, 0.4) is 0 Å². The van der Waals surface area contributed by atoms with Crippen LogP contribution in [-0.2, 0) is 0 Å². The van der Waals surface area contributed by atoms with Crippen LogP contribution in [0.2, 0.25) is 5.02 Å². The number of rotatable bonds is 2. The molecule has 0 aromatic carbocycles. The highest BCUT2D eigenvalue weighted by Gasteiger charge is 2.21. The number of pyridine rings is 1. The maximum atomic E-state index is 5.78. The summed E-state index contributed by atoms with van der Waals surface area (Å²) >= 11 is 5.78. The number of aromatic nitrogens is 1. The monoisotopic (exact) mass is 211 g/mol. The van der Waals surface area contributed by atoms with E-state index in [2.05, 4.69) is 15.2 Å². The fourth-order valence-corrected chi connectivity index (χ4v) is 1.87. The van der Waals surface area contributed by atoms with Crippen LogP contribution in [-0.4, -0.2) is 31.2 Å². The third-order valence-electron chi connectivity index (χ3n) is 2.63. The molecule has 1 fully saturated rings. The van der Waals surface area contributed by atoms with Crippen molar-refractivity contribution in [1.82, 2.24) is 10.3 Å². The largest absolute Gasteiger partial charge is 0.355 e. The molecule has 4 heteroatoms. The van der Waals surface area contributed by atoms with Gasteiger partial charge < -0.3 is 10.2 Å². The Kier molecular flexibility index (Phi) is 2.89. The summed E-state index contributed by atoms with van der Waals surface area (Å²) in [5.41, 5.74) is 0. The number of hydrogen-bond donors (Lipinski definition) is 1. The molecular formula is C10H14ClN3. The van der Waals surface area contributed by atoms with Crippen molar-refractivity contribution in [2.24, 2.45) is 0 Å². The molecule has 1 aliphatic rings. The normalized spacial score (nSPS) is 21.6. The summed E-state index contributed by atoms with van der Waals surface area (Å²) in [7, 11) is 2.00. The standard InChI is InChI=1S/C10H14ClN3/c1-12-9-4-5-14(7-9)10-3-2-8(11)6-13-10/h2-3,6,9,12H,4-5,7H2,1H3. The molecule has 1 aromatic heterocycles. The third-order valence-corrected chi connectivity index (χ3v) is 2.86. The van der Waals surface area contributed by atoms with E-state index in [1.165, 1.54) is 6.42 Å². The van der Waals surface area contributed by atoms with Gasteiger partial charge in [0.05, 0.1) is 5.02 Å². The third kappa shape index (κ3) is 1.99. The summed E-state index contributed by atoms with van der Waals surface area (Å²) in [5.74, 6) is 1.02. The zero-order valence-corrected chi connectivity index (χ0v) is 8.96. The number of nitrogens with zero attached hydrogens (tertiary/aromatic N) is 2. The molecule has 0 bridgehead atoms. The van der Waals surface area contributed by atoms with Crippen LogP contribution >= 0.6 is 11.6 Å². The lowest BCUT2D eigenvalue weighted by Crippen LogP contribution is -2.29. The zero-order chi connectivity index (χ0) is 9.97. The van der Waals surface area contributed by atoms with Gasteiger partial charge in [-0.25, -0.2) is 4.98 Å². The number of likely N-dealkylation sites (N-methyl/N-ethyl adjacent to an activating group) is 1. The fraction of sp³-hybridized carbons (Fsp3) is 0.500. The van der Waals surface area contributed by atoms with Crippen molar-refractivity contribution < 1.29 is 0 Å². The minimum Gasteiger partial charge on any atom is -0.355 e. The van der Waals surface area contributed by atoms with Gasteiger partial charge in [0.25, 0.3) is 0 Å². The smallest absolute Gasteiger partial charge is 0.128 e. The first kappa shape index (κ1) is 9.74. The summed E-state index contributed by atoms with van der Waals surface area (Å²) in [6, 6.07) is 4.45. The molecule has 1 aliphatic heterocycles. The number of hydrogen-bond acceptors (Lipinski definition) is 3. The van der Waals surface area contributed by atoms with E-state index in [4.69, 9.17) is 11.6 Å². The predicted molar refractivity (Wildman–Crippen MR) is 58.9 cm³/mol. The van der Waals surface area contributed by atoms with E-state index in [0.717, 1.165) is 18.9 Å². The molecule has 2 heterocycles. The van der Waals surface area contributed by atoms with E-state index in [1.54, 1.807) is 6.20 Å². The number of nitrogens with one attached hydrogen (secondary N) is 1. The Morgan fingerprint density at radius 3 is 3.00 bits per heavy atom. The van der Waals surface area contributed by atoms with E-state index in [-0.39, 0.29) is 0 Å². The molecule has 1 N–H and O–H groups in total. The van der Waals surface area contributed by atoms with Crippen molar-refractivity contribution in [3.05, 3.63) is 23.4 Å². The molecule has 14 heavy (non-hydrogen) atoms. The molecule has 1 atom stereocenters. The second-order valence-corrected chi connectivity index (χ2v) is 3.99. The van der Waals surface area contributed by atoms with Gasteiger partial charge in [-0.05, 0) is 25.6 Å². The summed E-state index contributed by atoms with van der Waals surface area (Å²) in [4.78, 5) is 6.57. The average molecular weight is 212 g/mol. The van der Waals surface area contributed by atoms with Crippen molar-refractivity contribution >= 4 is 17.4 Å². The van der Waals surface area contributed by atoms with E-state index < -0.39 is 0 Å². The lowest BCUT2D eigenvalue weighted by molar-refractivity contribution is 0.616. The summed E-state index contributed by atoms with van der Waals surface area (Å²) in [5, 5.41) is 3.97. The molecule has 1 aromatic rings. The quantitative estimate of drug-likeness (QED) is 0.805. The van der Waals surface area contributed by atoms with Crippen LogP contribution in [0.5, 0.6) is 0 Å². The molecule has 0 amide bonds. The highest BCUT2D eigenvalue weighted by Crippen LogP contribution is 2.19. The Labute approximate surface area is 89.1 Å². The van der Waals surface area contributed by atoms with Gasteiger partial charge in [-0.15, -0.1) is 0 Å². The highest BCUT2D eigenvalue weighted by atomic mass is 35.5. The van der Waals surface area contributed by atoms with Gasteiger partial charge in [-0.2, -0.15) is 0 Å². The van der Waals surface area contributed by atoms with Crippen LogP contribution < -0.4 is 10.2 Å². The fourth-order valence-electron chi connectivity index (χ4n) is 1.76. The molecular weight excluding hydrogens is 198 g/mol. The Morgan fingerprint density at radius 2 is 2.43 bits per heavy atom. The first-order chi connectivity index (χ1) is 6.79. The lowest BCUT2D eigenvalue weighted by Gasteiger charge is -2.16. The minimum atomic E-state index is 0.590. The number of halogens is 1. The van der Waals surface area contributed by atoms with Crippen molar-refractivity contribution in [2.45, 2.75) is 12.5 Å². The second kappa shape index (κ2) is 4.15. The summed E-state index contributed by atoms with van der Waals surface area (Å²) in [6.45, 7) is 2.10. The van der Waals surface area contributed by atoms with E-state index in [1.807, 2.05) is 19.2 Å². The number of anilines is 1. The SMILES string of the molecule is CNC1CCN(c2ccc(Cl)cn2)C1. The molecule has 0 spiro atoms. The lowest BCUT2D eigenvalue weighted by atomic mass is 10.3. The Morgan fingerprint density at radius 1 is 1.57 bits per heavy atom. The Balaban J connectivity index is 2.06. The van der Waals surface area contributed by atoms with Crippen molar-refractivity contribution in [3.63, 3.8) is 0 Å². The van der Waals surface area contributed by atoms with Gasteiger partial charge >= 0.3 is 0 Å². The maximum absolute atomic E-state index is 5.78. The van der Waals surface area contributed by atoms with Crippen LogP contribution in [0.1, 0.15) is 6.42 Å². The Bertz CT molecular complexity index is 299. The van der Waals surface area contributed by atoms with Crippen LogP contribution in [0.15, 0.2) is 18.3 Å². The first-order valence-corrected chi connectivity index (χ1v) is 5.21. The van der Waals surface area contributed by atoms with Gasteiger partial charge in [-0.1, -0.05) is 11.6 Å². The van der Waals surface area contributed by atoms with Gasteiger partial charge in [0.2, 0.25) is 0 Å². The summed E-state index contributed by atoms with van der Waals surface area (Å²) in [6.07, 6.45) is 2.88. The molecule has 2 rings (SSSR count). The maximum Gasteiger partial charge on any atom is 0.128 e. The van der Waals surface area contributed by atoms with Crippen molar-refractivity contribution in [2.75, 3.05) is 25.0 Å². The molecule has 76 valence electrons. The highest BCUT2D eigenvalue weighted by molar-refractivity contribution is 6.30. The van der Waals surface area contributed by atoms with Gasteiger partial charge in [-0.3, -0.25) is 0 Å². The Hall–Kier alpha value is -0.800. The van der Waals surface area contributed by atoms with E-state index >= 15 is 0 Å². The second-order valence-electron chi connectivity index (χ2n) is 3.55. The summed E-state index contributed by atoms with van der Waals surface area (Å²) < 4.78 is 0. The van der Waals surface area contributed by atoms with Crippen LogP contribution in [0.25, 0.3) is 0 Å². The van der Waals surface area contributed by atoms with Gasteiger partial charge in [0, 0.05) is 25.3 Å². The molecule has 0 radical (unpaired) electrons. The molecule has 1 saturated heterocycles. The van der Waals surface area contributed by atoms with Gasteiger partial charge in [0.1, 0.15) is 5.82 Å².